The minimum Gasteiger partial charge on any atom is -0.405 e. The van der Waals surface area contributed by atoms with Crippen molar-refractivity contribution in [3.05, 3.63) is 211 Å². The Hall–Kier alpha value is -4.01. The topological polar surface area (TPSA) is 55.4 Å². The summed E-state index contributed by atoms with van der Waals surface area (Å²) in [4.78, 5) is 0. The molecule has 8 aromatic rings. The number of hydrogen-bond acceptors (Lipinski definition) is 10. The zero-order valence-electron chi connectivity index (χ0n) is 51.4. The molecule has 0 aliphatic carbocycles. The molecule has 0 saturated carbocycles. The summed E-state index contributed by atoms with van der Waals surface area (Å²) < 4.78 is 37.7. The minimum atomic E-state index is -0.476. The Kier molecular flexibility index (Phi) is 21.9. The van der Waals surface area contributed by atoms with Crippen LogP contribution in [0.4, 0.5) is 0 Å². The molecule has 6 nitrogen and oxygen atoms in total. The predicted molar refractivity (Wildman–Crippen MR) is 397 cm³/mol. The van der Waals surface area contributed by atoms with Crippen LogP contribution in [-0.2, 0) is 99.3 Å². The van der Waals surface area contributed by atoms with E-state index in [9.17, 15) is 0 Å². The highest BCUT2D eigenvalue weighted by Gasteiger charge is 2.64. The summed E-state index contributed by atoms with van der Waals surface area (Å²) in [5.41, 5.74) is 15.3. The maximum absolute atomic E-state index is 6.38. The van der Waals surface area contributed by atoms with Crippen molar-refractivity contribution >= 4 is 206 Å². The Morgan fingerprint density at radius 2 is 0.517 bits per heavy atom. The van der Waals surface area contributed by atoms with Crippen molar-refractivity contribution in [3.63, 3.8) is 0 Å². The Morgan fingerprint density at radius 3 is 0.805 bits per heavy atom. The van der Waals surface area contributed by atoms with Gasteiger partial charge in [0.2, 0.25) is 26.9 Å². The monoisotopic (exact) mass is 1340 g/mol. The van der Waals surface area contributed by atoms with Gasteiger partial charge in [-0.2, -0.15) is 0 Å². The highest BCUT2D eigenvalue weighted by molar-refractivity contribution is 9.10. The molecule has 0 unspecified atom stereocenters. The first kappa shape index (κ1) is 67.4. The lowest BCUT2D eigenvalue weighted by Crippen LogP contribution is -2.75. The Labute approximate surface area is 556 Å². The van der Waals surface area contributed by atoms with Crippen LogP contribution in [0.2, 0.25) is 0 Å². The molecule has 3 fully saturated rings. The Bertz CT molecular complexity index is 3660. The van der Waals surface area contributed by atoms with Gasteiger partial charge < -0.3 is 27.9 Å². The molecule has 5 aliphatic rings. The number of fused-ring (bicyclic) bond motifs is 4. The molecule has 0 radical (unpaired) electrons. The van der Waals surface area contributed by atoms with E-state index in [-0.39, 0.29) is 67.6 Å². The fourth-order valence-electron chi connectivity index (χ4n) is 12.1. The Morgan fingerprint density at radius 1 is 0.287 bits per heavy atom. The van der Waals surface area contributed by atoms with Gasteiger partial charge in [0.05, 0.1) is 33.6 Å². The minimum absolute atomic E-state index is 0.157. The van der Waals surface area contributed by atoms with Gasteiger partial charge >= 0.3 is 21.1 Å². The number of hydrogen-bond donors (Lipinski definition) is 0. The van der Waals surface area contributed by atoms with Gasteiger partial charge in [0, 0.05) is 75.9 Å². The second kappa shape index (κ2) is 28.2. The molecule has 0 bridgehead atoms. The van der Waals surface area contributed by atoms with E-state index in [4.69, 9.17) is 27.9 Å². The van der Waals surface area contributed by atoms with E-state index in [0.717, 1.165) is 18.8 Å². The summed E-state index contributed by atoms with van der Waals surface area (Å²) in [6, 6.07) is 75.0. The molecule has 0 spiro atoms. The highest BCUT2D eigenvalue weighted by Crippen LogP contribution is 2.43. The molecule has 0 atom stereocenters. The van der Waals surface area contributed by atoms with E-state index in [1.807, 2.05) is 55.4 Å². The molecule has 5 heterocycles. The summed E-state index contributed by atoms with van der Waals surface area (Å²) >= 11 is 20.6. The number of rotatable bonds is 6. The van der Waals surface area contributed by atoms with Gasteiger partial charge in [-0.3, -0.25) is 0 Å². The molecule has 87 heavy (non-hydrogen) atoms. The summed E-state index contributed by atoms with van der Waals surface area (Å²) in [6.45, 7) is 25.6. The first-order valence-corrected chi connectivity index (χ1v) is 36.7. The first-order chi connectivity index (χ1) is 41.4. The molecule has 3 saturated heterocycles. The van der Waals surface area contributed by atoms with Crippen molar-refractivity contribution in [2.45, 2.75) is 117 Å². The maximum Gasteiger partial charge on any atom is 0.494 e. The third-order valence-electron chi connectivity index (χ3n) is 18.5. The highest BCUT2D eigenvalue weighted by atomic mass is 79.9. The molecular formula is C66H70B7BrO6S7. The Balaban J connectivity index is 0.000000154. The average molecular weight is 1340 g/mol. The third kappa shape index (κ3) is 14.5. The largest absolute Gasteiger partial charge is 0.494 e. The fraction of sp³-hybridized carbons (Fsp3) is 0.273. The van der Waals surface area contributed by atoms with Crippen molar-refractivity contribution in [2.75, 3.05) is 0 Å². The van der Waals surface area contributed by atoms with E-state index >= 15 is 0 Å². The molecule has 8 aromatic carbocycles. The lowest BCUT2D eigenvalue weighted by molar-refractivity contribution is 0.00578. The summed E-state index contributed by atoms with van der Waals surface area (Å²) in [7, 11) is 1.94. The van der Waals surface area contributed by atoms with Crippen LogP contribution in [0.3, 0.4) is 0 Å². The molecule has 0 N–H and O–H groups in total. The van der Waals surface area contributed by atoms with Crippen molar-refractivity contribution in [1.29, 1.82) is 0 Å². The van der Waals surface area contributed by atoms with Crippen LogP contribution in [0.1, 0.15) is 83.1 Å². The second-order valence-electron chi connectivity index (χ2n) is 25.3. The zero-order valence-corrected chi connectivity index (χ0v) is 58.7. The average Bonchev–Trinajstić information content (AvgIpc) is 1.71. The maximum atomic E-state index is 6.38. The first-order valence-electron chi connectivity index (χ1n) is 29.3. The van der Waals surface area contributed by atoms with E-state index < -0.39 is 14.0 Å². The molecular weight excluding hydrogens is 1270 g/mol. The predicted octanol–water partition coefficient (Wildman–Crippen LogP) is 5.36. The lowest BCUT2D eigenvalue weighted by Gasteiger charge is -2.32. The SMILES string of the molecule is Brc1cccc(B2c3ccccc3B(c3ccccc3)c3ccccc32)c1.CC1(C)OB(B2OC(C)(C)C(C)(C)O2)OC1(C)C.CC1(C)OB(c2cccc(B3c4ccccc4B(c4ccccc4)c4ccccc43)c2)OC1(C)C.S=S=S.S=S=S=S. The lowest BCUT2D eigenvalue weighted by atomic mass is 9.21. The van der Waals surface area contributed by atoms with Gasteiger partial charge in [-0.05, 0) is 94.6 Å². The quantitative estimate of drug-likeness (QED) is 0.204. The van der Waals surface area contributed by atoms with E-state index in [1.54, 1.807) is 0 Å². The second-order valence-corrected chi connectivity index (χ2v) is 31.6. The van der Waals surface area contributed by atoms with Crippen LogP contribution < -0.4 is 71.0 Å². The van der Waals surface area contributed by atoms with Crippen molar-refractivity contribution in [1.82, 2.24) is 0 Å². The van der Waals surface area contributed by atoms with Crippen LogP contribution in [0, 0.1) is 0 Å². The van der Waals surface area contributed by atoms with Crippen LogP contribution in [0.15, 0.2) is 211 Å². The molecule has 5 aliphatic heterocycles. The molecule has 440 valence electrons. The fourth-order valence-corrected chi connectivity index (χ4v) is 12.5. The molecule has 0 aromatic heterocycles. The molecule has 13 rings (SSSR count). The number of benzene rings is 8. The van der Waals surface area contributed by atoms with Crippen LogP contribution >= 0.6 is 15.9 Å². The van der Waals surface area contributed by atoms with Crippen molar-refractivity contribution < 1.29 is 27.9 Å². The smallest absolute Gasteiger partial charge is 0.405 e. The molecule has 21 heteroatoms. The standard InChI is InChI=1S/C30H29B3O2.C24H17B2Br.C12H24B2O4.S4.S3/c1-29(2)30(3,4)35-33(34-29)24-16-12-15-23(21-24)32-27-19-10-8-17-25(27)31(22-13-6-5-7-14-22)26-18-9-11-20-28(26)32;27-20-12-8-11-19(17-20)26-23-15-6-4-13-21(23)25(18-9-2-1-3-10-18)22-14-5-7-16-24(22)26;1-9(2)10(3,4)16-13(15-9)14-17-11(5,6)12(7,8)18-14;1-3-4-2;1-3-2/h5-21H,1-4H3;1-17H;1-8H3;;. The van der Waals surface area contributed by atoms with Gasteiger partial charge in [-0.1, -0.05) is 282 Å². The van der Waals surface area contributed by atoms with Crippen LogP contribution in [-0.4, -0.2) is 81.6 Å². The zero-order chi connectivity index (χ0) is 62.5. The van der Waals surface area contributed by atoms with Gasteiger partial charge in [0.25, 0.3) is 0 Å². The van der Waals surface area contributed by atoms with E-state index in [1.165, 1.54) is 83.3 Å². The van der Waals surface area contributed by atoms with Gasteiger partial charge in [0.15, 0.2) is 0 Å². The van der Waals surface area contributed by atoms with Crippen LogP contribution in [0.25, 0.3) is 0 Å². The number of halogens is 1. The van der Waals surface area contributed by atoms with Gasteiger partial charge in [0.1, 0.15) is 0 Å². The third-order valence-corrected chi connectivity index (χ3v) is 21.2. The van der Waals surface area contributed by atoms with E-state index in [2.05, 4.69) is 295 Å². The summed E-state index contributed by atoms with van der Waals surface area (Å²) in [5.74, 6) is 0. The summed E-state index contributed by atoms with van der Waals surface area (Å²) in [6.07, 6.45) is 0. The van der Waals surface area contributed by atoms with Gasteiger partial charge in [-0.25, -0.2) is 0 Å². The molecule has 0 amide bonds. The normalized spacial score (nSPS) is 18.0. The summed E-state index contributed by atoms with van der Waals surface area (Å²) in [5, 5.41) is 0. The van der Waals surface area contributed by atoms with Crippen molar-refractivity contribution in [2.24, 2.45) is 0 Å². The van der Waals surface area contributed by atoms with Crippen LogP contribution in [0.5, 0.6) is 0 Å². The van der Waals surface area contributed by atoms with Crippen molar-refractivity contribution in [3.8, 4) is 0 Å². The van der Waals surface area contributed by atoms with E-state index in [0.29, 0.717) is 0 Å². The van der Waals surface area contributed by atoms with Gasteiger partial charge in [-0.15, -0.1) is 0 Å².